The molecule has 1 aromatic heterocycles. The number of nitrogens with zero attached hydrogens (tertiary/aromatic N) is 1. The van der Waals surface area contributed by atoms with Crippen LogP contribution in [0.3, 0.4) is 0 Å². The van der Waals surface area contributed by atoms with Crippen LogP contribution in [0.5, 0.6) is 0 Å². The Balaban J connectivity index is 2.71. The first kappa shape index (κ1) is 13.7. The lowest BCUT2D eigenvalue weighted by Crippen LogP contribution is -2.32. The van der Waals surface area contributed by atoms with Crippen LogP contribution in [0.1, 0.15) is 24.3 Å². The number of rotatable bonds is 5. The molecule has 0 bridgehead atoms. The van der Waals surface area contributed by atoms with Crippen LogP contribution >= 0.6 is 11.3 Å². The van der Waals surface area contributed by atoms with E-state index in [4.69, 9.17) is 4.84 Å². The topological polar surface area (TPSA) is 58.6 Å². The first-order valence-electron chi connectivity index (χ1n) is 5.15. The maximum absolute atomic E-state index is 11.7. The molecule has 0 aliphatic heterocycles. The summed E-state index contributed by atoms with van der Waals surface area (Å²) in [6, 6.07) is 3.49. The molecule has 0 radical (unpaired) electrons. The largest absolute Gasteiger partial charge is 0.348 e. The molecule has 1 atom stereocenters. The van der Waals surface area contributed by atoms with Gasteiger partial charge in [-0.1, -0.05) is 6.07 Å². The standard InChI is InChI=1S/C11H16N2O3S/c1-8(14)12-9(10-5-4-6-17-10)7-11(15)13(2)16-3/h4-6,9H,7H2,1-3H3,(H,12,14)/t9-/m0/s1. The third-order valence-electron chi connectivity index (χ3n) is 2.27. The van der Waals surface area contributed by atoms with E-state index in [1.807, 2.05) is 17.5 Å². The summed E-state index contributed by atoms with van der Waals surface area (Å²) >= 11 is 1.51. The van der Waals surface area contributed by atoms with Gasteiger partial charge in [-0.3, -0.25) is 14.4 Å². The summed E-state index contributed by atoms with van der Waals surface area (Å²) in [5.41, 5.74) is 0. The quantitative estimate of drug-likeness (QED) is 0.809. The Morgan fingerprint density at radius 1 is 1.59 bits per heavy atom. The van der Waals surface area contributed by atoms with Crippen molar-refractivity contribution in [2.45, 2.75) is 19.4 Å². The number of amides is 2. The summed E-state index contributed by atoms with van der Waals surface area (Å²) in [4.78, 5) is 28.6. The zero-order valence-electron chi connectivity index (χ0n) is 10.1. The van der Waals surface area contributed by atoms with Crippen molar-refractivity contribution in [3.8, 4) is 0 Å². The summed E-state index contributed by atoms with van der Waals surface area (Å²) < 4.78 is 0. The van der Waals surface area contributed by atoms with Gasteiger partial charge in [0.25, 0.3) is 0 Å². The molecular weight excluding hydrogens is 240 g/mol. The van der Waals surface area contributed by atoms with E-state index in [0.717, 1.165) is 9.94 Å². The van der Waals surface area contributed by atoms with Crippen LogP contribution in [-0.2, 0) is 14.4 Å². The molecule has 0 aliphatic carbocycles. The number of carbonyl (C=O) groups excluding carboxylic acids is 2. The number of thiophene rings is 1. The summed E-state index contributed by atoms with van der Waals surface area (Å²) in [6.45, 7) is 1.44. The van der Waals surface area contributed by atoms with E-state index in [1.54, 1.807) is 7.05 Å². The first-order valence-corrected chi connectivity index (χ1v) is 6.03. The fraction of sp³-hybridized carbons (Fsp3) is 0.455. The SMILES string of the molecule is CON(C)C(=O)C[C@H](NC(C)=O)c1cccs1. The Labute approximate surface area is 104 Å². The van der Waals surface area contributed by atoms with E-state index >= 15 is 0 Å². The van der Waals surface area contributed by atoms with E-state index in [0.29, 0.717) is 0 Å². The lowest BCUT2D eigenvalue weighted by Gasteiger charge is -2.19. The first-order chi connectivity index (χ1) is 8.04. The molecule has 0 aliphatic rings. The molecule has 2 amide bonds. The van der Waals surface area contributed by atoms with Gasteiger partial charge in [-0.05, 0) is 11.4 Å². The number of carbonyl (C=O) groups is 2. The molecule has 0 spiro atoms. The highest BCUT2D eigenvalue weighted by Crippen LogP contribution is 2.22. The van der Waals surface area contributed by atoms with Crippen molar-refractivity contribution < 1.29 is 14.4 Å². The Bertz CT molecular complexity index is 378. The maximum atomic E-state index is 11.7. The fourth-order valence-electron chi connectivity index (χ4n) is 1.36. The van der Waals surface area contributed by atoms with Gasteiger partial charge in [0, 0.05) is 18.8 Å². The third kappa shape index (κ3) is 4.16. The minimum atomic E-state index is -0.294. The summed E-state index contributed by atoms with van der Waals surface area (Å²) in [5, 5.41) is 5.83. The van der Waals surface area contributed by atoms with Crippen molar-refractivity contribution in [2.24, 2.45) is 0 Å². The summed E-state index contributed by atoms with van der Waals surface area (Å²) in [6.07, 6.45) is 0.185. The van der Waals surface area contributed by atoms with Crippen LogP contribution < -0.4 is 5.32 Å². The molecule has 1 N–H and O–H groups in total. The molecule has 0 aromatic carbocycles. The zero-order valence-corrected chi connectivity index (χ0v) is 10.9. The van der Waals surface area contributed by atoms with E-state index in [1.165, 1.54) is 25.4 Å². The van der Waals surface area contributed by atoms with Crippen LogP contribution in [0.4, 0.5) is 0 Å². The Morgan fingerprint density at radius 2 is 2.29 bits per heavy atom. The minimum absolute atomic E-state index is 0.156. The molecule has 1 rings (SSSR count). The summed E-state index contributed by atoms with van der Waals surface area (Å²) in [7, 11) is 2.97. The predicted molar refractivity (Wildman–Crippen MR) is 65.3 cm³/mol. The van der Waals surface area contributed by atoms with Crippen molar-refractivity contribution in [1.29, 1.82) is 0 Å². The Morgan fingerprint density at radius 3 is 2.76 bits per heavy atom. The van der Waals surface area contributed by atoms with Crippen molar-refractivity contribution in [2.75, 3.05) is 14.2 Å². The Hall–Kier alpha value is -1.40. The zero-order chi connectivity index (χ0) is 12.8. The molecule has 1 heterocycles. The second-order valence-corrected chi connectivity index (χ2v) is 4.53. The third-order valence-corrected chi connectivity index (χ3v) is 3.25. The Kier molecular flexibility index (Phi) is 5.11. The van der Waals surface area contributed by atoms with Gasteiger partial charge >= 0.3 is 0 Å². The van der Waals surface area contributed by atoms with Crippen LogP contribution in [0, 0.1) is 0 Å². The van der Waals surface area contributed by atoms with E-state index in [-0.39, 0.29) is 24.3 Å². The van der Waals surface area contributed by atoms with E-state index in [2.05, 4.69) is 5.32 Å². The van der Waals surface area contributed by atoms with Gasteiger partial charge in [-0.25, -0.2) is 5.06 Å². The smallest absolute Gasteiger partial charge is 0.248 e. The fourth-order valence-corrected chi connectivity index (χ4v) is 2.14. The van der Waals surface area contributed by atoms with Crippen molar-refractivity contribution in [1.82, 2.24) is 10.4 Å². The second kappa shape index (κ2) is 6.36. The maximum Gasteiger partial charge on any atom is 0.248 e. The molecule has 0 unspecified atom stereocenters. The van der Waals surface area contributed by atoms with Crippen molar-refractivity contribution in [3.63, 3.8) is 0 Å². The van der Waals surface area contributed by atoms with Crippen LogP contribution in [0.25, 0.3) is 0 Å². The normalized spacial score (nSPS) is 11.9. The summed E-state index contributed by atoms with van der Waals surface area (Å²) in [5.74, 6) is -0.337. The predicted octanol–water partition coefficient (Wildman–Crippen LogP) is 1.34. The highest BCUT2D eigenvalue weighted by molar-refractivity contribution is 7.10. The molecular formula is C11H16N2O3S. The van der Waals surface area contributed by atoms with Gasteiger partial charge in [0.05, 0.1) is 19.6 Å². The van der Waals surface area contributed by atoms with Crippen LogP contribution in [-0.4, -0.2) is 31.0 Å². The van der Waals surface area contributed by atoms with Gasteiger partial charge in [0.1, 0.15) is 0 Å². The monoisotopic (exact) mass is 256 g/mol. The van der Waals surface area contributed by atoms with Gasteiger partial charge < -0.3 is 5.32 Å². The van der Waals surface area contributed by atoms with Gasteiger partial charge in [0.2, 0.25) is 11.8 Å². The van der Waals surface area contributed by atoms with Gasteiger partial charge in [-0.2, -0.15) is 0 Å². The molecule has 1 aromatic rings. The highest BCUT2D eigenvalue weighted by Gasteiger charge is 2.20. The molecule has 0 saturated carbocycles. The average molecular weight is 256 g/mol. The highest BCUT2D eigenvalue weighted by atomic mass is 32.1. The number of hydrogen-bond acceptors (Lipinski definition) is 4. The van der Waals surface area contributed by atoms with E-state index < -0.39 is 0 Å². The van der Waals surface area contributed by atoms with Crippen molar-refractivity contribution in [3.05, 3.63) is 22.4 Å². The lowest BCUT2D eigenvalue weighted by atomic mass is 10.1. The lowest BCUT2D eigenvalue weighted by molar-refractivity contribution is -0.169. The number of hydrogen-bond donors (Lipinski definition) is 1. The van der Waals surface area contributed by atoms with Crippen LogP contribution in [0.15, 0.2) is 17.5 Å². The minimum Gasteiger partial charge on any atom is -0.348 e. The second-order valence-electron chi connectivity index (χ2n) is 3.55. The average Bonchev–Trinajstić information content (AvgIpc) is 2.79. The van der Waals surface area contributed by atoms with Gasteiger partial charge in [0.15, 0.2) is 0 Å². The number of hydroxylamine groups is 2. The molecule has 6 heteroatoms. The molecule has 17 heavy (non-hydrogen) atoms. The molecule has 0 fully saturated rings. The molecule has 0 saturated heterocycles. The molecule has 5 nitrogen and oxygen atoms in total. The number of nitrogens with one attached hydrogen (secondary N) is 1. The van der Waals surface area contributed by atoms with Crippen molar-refractivity contribution >= 4 is 23.2 Å². The van der Waals surface area contributed by atoms with Crippen LogP contribution in [0.2, 0.25) is 0 Å². The van der Waals surface area contributed by atoms with E-state index in [9.17, 15) is 9.59 Å². The van der Waals surface area contributed by atoms with Gasteiger partial charge in [-0.15, -0.1) is 11.3 Å². The molecule has 94 valence electrons.